The van der Waals surface area contributed by atoms with Crippen molar-refractivity contribution in [3.05, 3.63) is 59.9 Å². The van der Waals surface area contributed by atoms with Crippen molar-refractivity contribution in [3.63, 3.8) is 0 Å². The first-order valence-electron chi connectivity index (χ1n) is 11.9. The van der Waals surface area contributed by atoms with Gasteiger partial charge in [-0.15, -0.1) is 10.2 Å². The average molecular weight is 543 g/mol. The predicted molar refractivity (Wildman–Crippen MR) is 140 cm³/mol. The third-order valence-corrected chi connectivity index (χ3v) is 7.49. The zero-order valence-corrected chi connectivity index (χ0v) is 22.8. The summed E-state index contributed by atoms with van der Waals surface area (Å²) in [4.78, 5) is 8.58. The van der Waals surface area contributed by atoms with Gasteiger partial charge in [0, 0.05) is 19.0 Å². The van der Waals surface area contributed by atoms with Gasteiger partial charge in [-0.1, -0.05) is 6.07 Å². The van der Waals surface area contributed by atoms with Gasteiger partial charge in [-0.25, -0.2) is 18.4 Å². The van der Waals surface area contributed by atoms with Gasteiger partial charge in [0.1, 0.15) is 34.3 Å². The van der Waals surface area contributed by atoms with Crippen LogP contribution in [-0.4, -0.2) is 59.2 Å². The lowest BCUT2D eigenvalue weighted by atomic mass is 10.2. The van der Waals surface area contributed by atoms with Crippen molar-refractivity contribution in [2.24, 2.45) is 0 Å². The predicted octanol–water partition coefficient (Wildman–Crippen LogP) is 3.86. The zero-order chi connectivity index (χ0) is 27.4. The molecule has 0 aliphatic carbocycles. The molecule has 0 saturated heterocycles. The van der Waals surface area contributed by atoms with E-state index in [4.69, 9.17) is 18.6 Å². The van der Waals surface area contributed by atoms with Crippen molar-refractivity contribution < 1.29 is 27.0 Å². The molecule has 0 saturated carbocycles. The van der Waals surface area contributed by atoms with E-state index in [0.29, 0.717) is 28.7 Å². The summed E-state index contributed by atoms with van der Waals surface area (Å²) in [5.74, 6) is 2.25. The number of ether oxygens (including phenoxy) is 3. The lowest BCUT2D eigenvalue weighted by Gasteiger charge is -2.23. The molecule has 2 atom stereocenters. The Morgan fingerprint density at radius 1 is 1.03 bits per heavy atom. The van der Waals surface area contributed by atoms with Gasteiger partial charge >= 0.3 is 0 Å². The van der Waals surface area contributed by atoms with E-state index in [-0.39, 0.29) is 24.2 Å². The molecule has 12 nitrogen and oxygen atoms in total. The minimum absolute atomic E-state index is 0.0937. The van der Waals surface area contributed by atoms with Crippen molar-refractivity contribution in [2.45, 2.75) is 39.0 Å². The molecule has 0 amide bonds. The summed E-state index contributed by atoms with van der Waals surface area (Å²) in [5, 5.41) is 7.32. The molecule has 38 heavy (non-hydrogen) atoms. The van der Waals surface area contributed by atoms with Crippen LogP contribution in [0.2, 0.25) is 0 Å². The number of furan rings is 1. The fourth-order valence-corrected chi connectivity index (χ4v) is 4.96. The Balaban J connectivity index is 1.82. The normalized spacial score (nSPS) is 13.2. The van der Waals surface area contributed by atoms with Crippen LogP contribution >= 0.6 is 0 Å². The lowest BCUT2D eigenvalue weighted by Crippen LogP contribution is -2.34. The molecule has 4 aromatic rings. The Hall–Kier alpha value is -3.97. The van der Waals surface area contributed by atoms with E-state index in [1.54, 1.807) is 56.6 Å². The fourth-order valence-electron chi connectivity index (χ4n) is 3.86. The van der Waals surface area contributed by atoms with Gasteiger partial charge in [-0.3, -0.25) is 9.29 Å². The van der Waals surface area contributed by atoms with Crippen LogP contribution in [0, 0.1) is 13.8 Å². The SMILES string of the molecule is CCOC(c1ncc(C)cn1)C(C)S(=O)(=O)Nc1nnc(-c2ccc(C)o2)n1-c1c(OC)cccc1OC. The number of aromatic nitrogens is 5. The molecule has 3 heterocycles. The van der Waals surface area contributed by atoms with E-state index in [1.165, 1.54) is 25.7 Å². The number of para-hydroxylation sites is 1. The molecule has 2 unspecified atom stereocenters. The highest BCUT2D eigenvalue weighted by molar-refractivity contribution is 7.93. The maximum atomic E-state index is 13.7. The lowest BCUT2D eigenvalue weighted by molar-refractivity contribution is 0.0557. The molecular weight excluding hydrogens is 512 g/mol. The zero-order valence-electron chi connectivity index (χ0n) is 22.0. The summed E-state index contributed by atoms with van der Waals surface area (Å²) >= 11 is 0. The first-order valence-corrected chi connectivity index (χ1v) is 13.4. The Bertz CT molecular complexity index is 1480. The summed E-state index contributed by atoms with van der Waals surface area (Å²) in [5.41, 5.74) is 1.23. The van der Waals surface area contributed by atoms with Crippen LogP contribution in [0.1, 0.15) is 37.1 Å². The van der Waals surface area contributed by atoms with E-state index >= 15 is 0 Å². The Kier molecular flexibility index (Phi) is 7.97. The molecule has 0 spiro atoms. The van der Waals surface area contributed by atoms with E-state index in [9.17, 15) is 8.42 Å². The van der Waals surface area contributed by atoms with Crippen molar-refractivity contribution in [1.29, 1.82) is 0 Å². The minimum atomic E-state index is -4.12. The van der Waals surface area contributed by atoms with Crippen molar-refractivity contribution in [3.8, 4) is 28.8 Å². The van der Waals surface area contributed by atoms with Gasteiger partial charge in [0.2, 0.25) is 21.8 Å². The first-order chi connectivity index (χ1) is 18.2. The summed E-state index contributed by atoms with van der Waals surface area (Å²) in [7, 11) is -1.12. The number of anilines is 1. The highest BCUT2D eigenvalue weighted by Crippen LogP contribution is 2.38. The standard InChI is InChI=1S/C25H30N6O6S/c1-7-36-22(23-26-13-15(2)14-27-23)17(4)38(32,33)30-25-29-28-24(20-12-11-16(3)37-20)31(25)21-18(34-5)9-8-10-19(21)35-6/h8-14,17,22H,7H2,1-6H3,(H,29,30). The van der Waals surface area contributed by atoms with Crippen LogP contribution in [0.15, 0.2) is 47.1 Å². The number of sulfonamides is 1. The second-order valence-corrected chi connectivity index (χ2v) is 10.5. The average Bonchev–Trinajstić information content (AvgIpc) is 3.52. The number of hydrogen-bond acceptors (Lipinski definition) is 10. The molecule has 0 radical (unpaired) electrons. The van der Waals surface area contributed by atoms with E-state index in [2.05, 4.69) is 24.9 Å². The number of nitrogens with zero attached hydrogens (tertiary/aromatic N) is 5. The van der Waals surface area contributed by atoms with Gasteiger partial charge in [0.05, 0.1) is 14.2 Å². The molecule has 13 heteroatoms. The number of methoxy groups -OCH3 is 2. The van der Waals surface area contributed by atoms with Crippen LogP contribution in [0.25, 0.3) is 17.3 Å². The monoisotopic (exact) mass is 542 g/mol. The molecule has 1 aromatic carbocycles. The topological polar surface area (TPSA) is 143 Å². The first kappa shape index (κ1) is 27.1. The van der Waals surface area contributed by atoms with Crippen molar-refractivity contribution >= 4 is 16.0 Å². The second kappa shape index (κ2) is 11.2. The van der Waals surface area contributed by atoms with Crippen LogP contribution in [-0.2, 0) is 14.8 Å². The number of benzene rings is 1. The van der Waals surface area contributed by atoms with E-state index in [1.807, 2.05) is 6.92 Å². The number of hydrogen-bond donors (Lipinski definition) is 1. The quantitative estimate of drug-likeness (QED) is 0.297. The Morgan fingerprint density at radius 2 is 1.68 bits per heavy atom. The van der Waals surface area contributed by atoms with Crippen LogP contribution < -0.4 is 14.2 Å². The van der Waals surface area contributed by atoms with Gasteiger partial charge < -0.3 is 18.6 Å². The number of aryl methyl sites for hydroxylation is 2. The Labute approximate surface area is 221 Å². The highest BCUT2D eigenvalue weighted by Gasteiger charge is 2.35. The van der Waals surface area contributed by atoms with Crippen molar-refractivity contribution in [1.82, 2.24) is 24.7 Å². The maximum Gasteiger partial charge on any atom is 0.243 e. The largest absolute Gasteiger partial charge is 0.494 e. The summed E-state index contributed by atoms with van der Waals surface area (Å²) in [6.07, 6.45) is 2.30. The summed E-state index contributed by atoms with van der Waals surface area (Å²) < 4.78 is 54.2. The van der Waals surface area contributed by atoms with Gasteiger partial charge in [0.25, 0.3) is 0 Å². The maximum absolute atomic E-state index is 13.7. The fraction of sp³-hybridized carbons (Fsp3) is 0.360. The number of rotatable bonds is 11. The minimum Gasteiger partial charge on any atom is -0.494 e. The molecule has 0 bridgehead atoms. The molecule has 0 aliphatic heterocycles. The molecule has 1 N–H and O–H groups in total. The van der Waals surface area contributed by atoms with E-state index < -0.39 is 21.4 Å². The number of nitrogens with one attached hydrogen (secondary N) is 1. The van der Waals surface area contributed by atoms with Gasteiger partial charge in [-0.05, 0) is 57.5 Å². The third-order valence-electron chi connectivity index (χ3n) is 5.80. The summed E-state index contributed by atoms with van der Waals surface area (Å²) in [6.45, 7) is 7.19. The molecule has 202 valence electrons. The molecule has 4 rings (SSSR count). The van der Waals surface area contributed by atoms with E-state index in [0.717, 1.165) is 5.56 Å². The van der Waals surface area contributed by atoms with Crippen molar-refractivity contribution in [2.75, 3.05) is 25.5 Å². The van der Waals surface area contributed by atoms with Crippen LogP contribution in [0.5, 0.6) is 11.5 Å². The van der Waals surface area contributed by atoms with Crippen LogP contribution in [0.3, 0.4) is 0 Å². The summed E-state index contributed by atoms with van der Waals surface area (Å²) in [6, 6.07) is 8.68. The second-order valence-electron chi connectivity index (χ2n) is 8.45. The smallest absolute Gasteiger partial charge is 0.243 e. The van der Waals surface area contributed by atoms with Crippen LogP contribution in [0.4, 0.5) is 5.95 Å². The molecular formula is C25H30N6O6S. The third kappa shape index (κ3) is 5.34. The highest BCUT2D eigenvalue weighted by atomic mass is 32.2. The molecule has 0 fully saturated rings. The Morgan fingerprint density at radius 3 is 2.24 bits per heavy atom. The van der Waals surface area contributed by atoms with Gasteiger partial charge in [-0.2, -0.15) is 0 Å². The molecule has 3 aromatic heterocycles. The van der Waals surface area contributed by atoms with Gasteiger partial charge in [0.15, 0.2) is 11.6 Å². The molecule has 0 aliphatic rings.